The molecule has 0 amide bonds. The van der Waals surface area contributed by atoms with Crippen LogP contribution in [-0.4, -0.2) is 27.5 Å². The second kappa shape index (κ2) is 9.80. The fourth-order valence-corrected chi connectivity index (χ4v) is 3.63. The van der Waals surface area contributed by atoms with E-state index in [0.717, 1.165) is 34.2 Å². The largest absolute Gasteiger partial charge is 0.508 e. The third kappa shape index (κ3) is 5.74. The van der Waals surface area contributed by atoms with Gasteiger partial charge in [0.1, 0.15) is 17.3 Å². The standard InChI is InChI=1S/C21H25FN2O4S/c1-5-14(3)21(15-7-9-16(22)10-8-15)29-20(6-2)24(26,27)23-18-12-11-17(25)13-19(18)28-4/h6-13,23,26-27H,5H2,1-4H3/p+1/b20-6-,21-14?. The summed E-state index contributed by atoms with van der Waals surface area (Å²) in [6.45, 7) is 5.62. The van der Waals surface area contributed by atoms with Crippen LogP contribution in [0.2, 0.25) is 0 Å². The first-order valence-electron chi connectivity index (χ1n) is 9.02. The Hall–Kier alpha value is -2.52. The molecule has 0 aromatic heterocycles. The van der Waals surface area contributed by atoms with Gasteiger partial charge in [-0.25, -0.2) is 4.39 Å². The first-order chi connectivity index (χ1) is 13.7. The molecule has 0 saturated carbocycles. The third-order valence-electron chi connectivity index (χ3n) is 4.25. The van der Waals surface area contributed by atoms with E-state index in [-0.39, 0.29) is 28.0 Å². The highest BCUT2D eigenvalue weighted by molar-refractivity contribution is 8.11. The van der Waals surface area contributed by atoms with E-state index in [4.69, 9.17) is 4.74 Å². The van der Waals surface area contributed by atoms with E-state index in [1.165, 1.54) is 37.4 Å². The zero-order valence-corrected chi connectivity index (χ0v) is 17.6. The lowest BCUT2D eigenvalue weighted by molar-refractivity contribution is -1.20. The molecule has 0 fully saturated rings. The molecule has 0 radical (unpaired) electrons. The van der Waals surface area contributed by atoms with E-state index in [2.05, 4.69) is 5.43 Å². The van der Waals surface area contributed by atoms with E-state index < -0.39 is 4.92 Å². The molecule has 0 spiro atoms. The highest BCUT2D eigenvalue weighted by Gasteiger charge is 2.33. The number of hydroxylamine groups is 2. The number of thioether (sulfide) groups is 1. The smallest absolute Gasteiger partial charge is 0.262 e. The first kappa shape index (κ1) is 22.8. The van der Waals surface area contributed by atoms with E-state index in [9.17, 15) is 19.9 Å². The van der Waals surface area contributed by atoms with Gasteiger partial charge in [0, 0.05) is 11.0 Å². The normalized spacial score (nSPS) is 13.1. The van der Waals surface area contributed by atoms with Crippen LogP contribution in [0.25, 0.3) is 4.91 Å². The number of ether oxygens (including phenoxy) is 1. The Labute approximate surface area is 174 Å². The summed E-state index contributed by atoms with van der Waals surface area (Å²) in [5, 5.41) is 31.2. The monoisotopic (exact) mass is 421 g/mol. The Morgan fingerprint density at radius 2 is 1.86 bits per heavy atom. The van der Waals surface area contributed by atoms with Crippen LogP contribution < -0.4 is 10.2 Å². The number of phenols is 1. The quantitative estimate of drug-likeness (QED) is 0.241. The maximum Gasteiger partial charge on any atom is 0.262 e. The van der Waals surface area contributed by atoms with Crippen LogP contribution >= 0.6 is 11.8 Å². The number of nitrogens with zero attached hydrogens (tertiary/aromatic N) is 1. The number of phenolic OH excluding ortho intramolecular Hbond substituents is 1. The van der Waals surface area contributed by atoms with Crippen LogP contribution in [0.3, 0.4) is 0 Å². The SMILES string of the molecule is C/C=C(\SC(=C(C)CC)c1ccc(F)cc1)[N+](O)(O)Nc1ccc(O)cc1OC. The zero-order chi connectivity index (χ0) is 21.6. The molecule has 6 nitrogen and oxygen atoms in total. The van der Waals surface area contributed by atoms with Crippen molar-refractivity contribution < 1.29 is 29.6 Å². The van der Waals surface area contributed by atoms with Gasteiger partial charge in [-0.3, -0.25) is 0 Å². The summed E-state index contributed by atoms with van der Waals surface area (Å²) in [5.74, 6) is -0.105. The number of allylic oxidation sites excluding steroid dienone is 2. The summed E-state index contributed by atoms with van der Waals surface area (Å²) in [7, 11) is 1.41. The molecule has 2 aromatic carbocycles. The van der Waals surface area contributed by atoms with Gasteiger partial charge in [-0.1, -0.05) is 24.6 Å². The van der Waals surface area contributed by atoms with Crippen molar-refractivity contribution in [3.63, 3.8) is 0 Å². The van der Waals surface area contributed by atoms with Crippen molar-refractivity contribution in [1.29, 1.82) is 0 Å². The van der Waals surface area contributed by atoms with Crippen LogP contribution in [0.4, 0.5) is 10.1 Å². The minimum absolute atomic E-state index is 0.0119. The van der Waals surface area contributed by atoms with Gasteiger partial charge in [0.15, 0.2) is 5.75 Å². The number of halogens is 1. The van der Waals surface area contributed by atoms with Gasteiger partial charge in [0.25, 0.3) is 5.03 Å². The van der Waals surface area contributed by atoms with Gasteiger partial charge in [-0.05, 0) is 67.9 Å². The summed E-state index contributed by atoms with van der Waals surface area (Å²) in [6.07, 6.45) is 2.31. The molecule has 0 aliphatic heterocycles. The van der Waals surface area contributed by atoms with Gasteiger partial charge < -0.3 is 9.84 Å². The first-order valence-corrected chi connectivity index (χ1v) is 9.83. The average Bonchev–Trinajstić information content (AvgIpc) is 2.70. The number of quaternary nitrogens is 1. The van der Waals surface area contributed by atoms with Gasteiger partial charge in [0.05, 0.1) is 12.0 Å². The van der Waals surface area contributed by atoms with Gasteiger partial charge in [-0.15, -0.1) is 10.4 Å². The molecule has 8 heteroatoms. The molecule has 2 aromatic rings. The number of nitrogens with one attached hydrogen (secondary N) is 1. The molecule has 0 saturated heterocycles. The summed E-state index contributed by atoms with van der Waals surface area (Å²) in [6, 6.07) is 10.3. The Bertz CT molecular complexity index is 911. The molecular weight excluding hydrogens is 395 g/mol. The summed E-state index contributed by atoms with van der Waals surface area (Å²) in [4.78, 5) is -0.838. The Morgan fingerprint density at radius 1 is 1.21 bits per heavy atom. The second-order valence-electron chi connectivity index (χ2n) is 6.30. The average molecular weight is 422 g/mol. The predicted octanol–water partition coefficient (Wildman–Crippen LogP) is 5.90. The lowest BCUT2D eigenvalue weighted by Gasteiger charge is -2.25. The number of methoxy groups -OCH3 is 1. The van der Waals surface area contributed by atoms with Crippen molar-refractivity contribution in [2.75, 3.05) is 12.5 Å². The van der Waals surface area contributed by atoms with E-state index in [1.54, 1.807) is 25.1 Å². The van der Waals surface area contributed by atoms with Crippen molar-refractivity contribution in [3.8, 4) is 11.5 Å². The molecule has 0 atom stereocenters. The minimum Gasteiger partial charge on any atom is -0.508 e. The van der Waals surface area contributed by atoms with Crippen LogP contribution in [0.15, 0.2) is 59.1 Å². The van der Waals surface area contributed by atoms with Crippen molar-refractivity contribution >= 4 is 22.4 Å². The van der Waals surface area contributed by atoms with Crippen LogP contribution in [0.5, 0.6) is 11.5 Å². The molecule has 2 rings (SSSR count). The molecule has 0 bridgehead atoms. The molecule has 29 heavy (non-hydrogen) atoms. The van der Waals surface area contributed by atoms with E-state index in [1.807, 2.05) is 13.8 Å². The van der Waals surface area contributed by atoms with E-state index >= 15 is 0 Å². The van der Waals surface area contributed by atoms with Gasteiger partial charge >= 0.3 is 0 Å². The second-order valence-corrected chi connectivity index (χ2v) is 7.33. The maximum absolute atomic E-state index is 13.3. The maximum atomic E-state index is 13.3. The highest BCUT2D eigenvalue weighted by Crippen LogP contribution is 2.41. The van der Waals surface area contributed by atoms with Gasteiger partial charge in [-0.2, -0.15) is 5.43 Å². The number of hydrogen-bond donors (Lipinski definition) is 4. The molecule has 0 heterocycles. The van der Waals surface area contributed by atoms with Crippen LogP contribution in [0.1, 0.15) is 32.8 Å². The fourth-order valence-electron chi connectivity index (χ4n) is 2.56. The molecule has 156 valence electrons. The fraction of sp³-hybridized carbons (Fsp3) is 0.238. The number of hydrogen-bond acceptors (Lipinski definition) is 6. The molecule has 0 aliphatic carbocycles. The number of benzene rings is 2. The summed E-state index contributed by atoms with van der Waals surface area (Å²) >= 11 is 1.16. The number of anilines is 1. The third-order valence-corrected chi connectivity index (χ3v) is 5.73. The molecular formula is C21H26FN2O4S+. The van der Waals surface area contributed by atoms with Crippen LogP contribution in [-0.2, 0) is 0 Å². The number of aromatic hydroxyl groups is 1. The Morgan fingerprint density at radius 3 is 2.41 bits per heavy atom. The van der Waals surface area contributed by atoms with Crippen LogP contribution in [0, 0.1) is 5.82 Å². The predicted molar refractivity (Wildman–Crippen MR) is 113 cm³/mol. The topological polar surface area (TPSA) is 82.0 Å². The van der Waals surface area contributed by atoms with Gasteiger partial charge in [0.2, 0.25) is 0 Å². The Balaban J connectivity index is 2.36. The molecule has 0 aliphatic rings. The number of rotatable bonds is 8. The van der Waals surface area contributed by atoms with Crippen molar-refractivity contribution in [2.45, 2.75) is 27.2 Å². The highest BCUT2D eigenvalue weighted by atomic mass is 32.2. The van der Waals surface area contributed by atoms with E-state index in [0.29, 0.717) is 0 Å². The van der Waals surface area contributed by atoms with Crippen molar-refractivity contribution in [1.82, 2.24) is 0 Å². The lowest BCUT2D eigenvalue weighted by atomic mass is 10.1. The minimum atomic E-state index is -1.63. The summed E-state index contributed by atoms with van der Waals surface area (Å²) < 4.78 is 18.5. The Kier molecular flexibility index (Phi) is 7.69. The summed E-state index contributed by atoms with van der Waals surface area (Å²) in [5.41, 5.74) is 4.64. The zero-order valence-electron chi connectivity index (χ0n) is 16.8. The van der Waals surface area contributed by atoms with Crippen molar-refractivity contribution in [2.24, 2.45) is 0 Å². The molecule has 4 N–H and O–H groups in total. The van der Waals surface area contributed by atoms with Crippen molar-refractivity contribution in [3.05, 3.63) is 70.5 Å². The lowest BCUT2D eigenvalue weighted by Crippen LogP contribution is -2.44. The molecule has 0 unspecified atom stereocenters.